The van der Waals surface area contributed by atoms with Crippen LogP contribution in [0.1, 0.15) is 34.8 Å². The zero-order valence-electron chi connectivity index (χ0n) is 16.4. The summed E-state index contributed by atoms with van der Waals surface area (Å²) in [7, 11) is 1.50. The number of furan rings is 1. The number of nitrogens with one attached hydrogen (secondary N) is 3. The SMILES string of the molecule is CNC(=O)c1cccc(NC(=O)COC(=O)[C@@H](NC(=O)c2ccco2)C(C)C)c1. The maximum Gasteiger partial charge on any atom is 0.329 e. The van der Waals surface area contributed by atoms with Crippen molar-refractivity contribution in [2.24, 2.45) is 5.92 Å². The third kappa shape index (κ3) is 6.20. The summed E-state index contributed by atoms with van der Waals surface area (Å²) < 4.78 is 10.0. The van der Waals surface area contributed by atoms with Crippen molar-refractivity contribution in [3.63, 3.8) is 0 Å². The van der Waals surface area contributed by atoms with Crippen molar-refractivity contribution in [1.82, 2.24) is 10.6 Å². The summed E-state index contributed by atoms with van der Waals surface area (Å²) in [6.45, 7) is 2.93. The summed E-state index contributed by atoms with van der Waals surface area (Å²) in [5.74, 6) is -2.37. The molecule has 9 heteroatoms. The molecule has 0 radical (unpaired) electrons. The zero-order valence-corrected chi connectivity index (χ0v) is 16.4. The maximum absolute atomic E-state index is 12.3. The molecule has 1 heterocycles. The van der Waals surface area contributed by atoms with Crippen LogP contribution in [0.5, 0.6) is 0 Å². The van der Waals surface area contributed by atoms with Gasteiger partial charge in [-0.05, 0) is 36.2 Å². The molecule has 0 bridgehead atoms. The summed E-state index contributed by atoms with van der Waals surface area (Å²) in [6.07, 6.45) is 1.35. The summed E-state index contributed by atoms with van der Waals surface area (Å²) in [5, 5.41) is 7.57. The molecule has 0 unspecified atom stereocenters. The van der Waals surface area contributed by atoms with E-state index in [4.69, 9.17) is 9.15 Å². The number of amides is 3. The van der Waals surface area contributed by atoms with Gasteiger partial charge >= 0.3 is 5.97 Å². The summed E-state index contributed by atoms with van der Waals surface area (Å²) in [6, 6.07) is 8.40. The lowest BCUT2D eigenvalue weighted by molar-refractivity contribution is -0.150. The van der Waals surface area contributed by atoms with Crippen LogP contribution in [0.4, 0.5) is 5.69 Å². The van der Waals surface area contributed by atoms with Crippen LogP contribution in [-0.2, 0) is 14.3 Å². The van der Waals surface area contributed by atoms with Gasteiger partial charge in [0.05, 0.1) is 6.26 Å². The molecule has 2 rings (SSSR count). The van der Waals surface area contributed by atoms with Crippen molar-refractivity contribution >= 4 is 29.4 Å². The third-order valence-corrected chi connectivity index (χ3v) is 3.93. The molecule has 0 aliphatic heterocycles. The van der Waals surface area contributed by atoms with Crippen LogP contribution in [0.3, 0.4) is 0 Å². The fourth-order valence-corrected chi connectivity index (χ4v) is 2.42. The van der Waals surface area contributed by atoms with Crippen LogP contribution in [0.2, 0.25) is 0 Å². The Bertz CT molecular complexity index is 876. The molecule has 0 fully saturated rings. The molecule has 0 spiro atoms. The van der Waals surface area contributed by atoms with Crippen molar-refractivity contribution in [1.29, 1.82) is 0 Å². The van der Waals surface area contributed by atoms with Gasteiger partial charge in [-0.25, -0.2) is 4.79 Å². The van der Waals surface area contributed by atoms with Gasteiger partial charge in [-0.15, -0.1) is 0 Å². The van der Waals surface area contributed by atoms with E-state index in [-0.39, 0.29) is 17.6 Å². The number of ether oxygens (including phenoxy) is 1. The molecule has 9 nitrogen and oxygen atoms in total. The highest BCUT2D eigenvalue weighted by atomic mass is 16.5. The van der Waals surface area contributed by atoms with Crippen LogP contribution in [0.25, 0.3) is 0 Å². The highest BCUT2D eigenvalue weighted by molar-refractivity contribution is 5.98. The molecule has 154 valence electrons. The molecule has 1 atom stereocenters. The van der Waals surface area contributed by atoms with Gasteiger partial charge in [0, 0.05) is 18.3 Å². The summed E-state index contributed by atoms with van der Waals surface area (Å²) in [5.41, 5.74) is 0.765. The normalized spacial score (nSPS) is 11.4. The predicted molar refractivity (Wildman–Crippen MR) is 104 cm³/mol. The number of hydrogen-bond donors (Lipinski definition) is 3. The first-order chi connectivity index (χ1) is 13.8. The molecule has 29 heavy (non-hydrogen) atoms. The number of anilines is 1. The van der Waals surface area contributed by atoms with E-state index >= 15 is 0 Å². The summed E-state index contributed by atoms with van der Waals surface area (Å²) >= 11 is 0. The predicted octanol–water partition coefficient (Wildman–Crippen LogP) is 1.58. The smallest absolute Gasteiger partial charge is 0.329 e. The molecule has 0 aliphatic rings. The molecule has 0 saturated carbocycles. The molecule has 3 amide bonds. The molecule has 0 saturated heterocycles. The lowest BCUT2D eigenvalue weighted by atomic mass is 10.0. The number of carbonyl (C=O) groups excluding carboxylic acids is 4. The van der Waals surface area contributed by atoms with E-state index in [1.165, 1.54) is 25.4 Å². The number of carbonyl (C=O) groups is 4. The second-order valence-electron chi connectivity index (χ2n) is 6.49. The van der Waals surface area contributed by atoms with E-state index in [0.717, 1.165) is 0 Å². The topological polar surface area (TPSA) is 127 Å². The molecular weight excluding hydrogens is 378 g/mol. The van der Waals surface area contributed by atoms with E-state index in [2.05, 4.69) is 16.0 Å². The first-order valence-corrected chi connectivity index (χ1v) is 8.94. The van der Waals surface area contributed by atoms with Crippen LogP contribution in [-0.4, -0.2) is 43.4 Å². The molecule has 2 aromatic rings. The van der Waals surface area contributed by atoms with Gasteiger partial charge in [0.15, 0.2) is 12.4 Å². The number of esters is 1. The van der Waals surface area contributed by atoms with E-state index in [9.17, 15) is 19.2 Å². The van der Waals surface area contributed by atoms with Gasteiger partial charge in [0.2, 0.25) is 0 Å². The van der Waals surface area contributed by atoms with Crippen LogP contribution >= 0.6 is 0 Å². The highest BCUT2D eigenvalue weighted by Gasteiger charge is 2.27. The van der Waals surface area contributed by atoms with E-state index in [1.54, 1.807) is 38.1 Å². The number of benzene rings is 1. The fraction of sp³-hybridized carbons (Fsp3) is 0.300. The Morgan fingerprint density at radius 3 is 2.45 bits per heavy atom. The van der Waals surface area contributed by atoms with Crippen molar-refractivity contribution < 1.29 is 28.3 Å². The van der Waals surface area contributed by atoms with Gasteiger partial charge in [-0.3, -0.25) is 14.4 Å². The minimum Gasteiger partial charge on any atom is -0.459 e. The highest BCUT2D eigenvalue weighted by Crippen LogP contribution is 2.11. The zero-order chi connectivity index (χ0) is 21.4. The first-order valence-electron chi connectivity index (χ1n) is 8.94. The number of hydrogen-bond acceptors (Lipinski definition) is 6. The summed E-state index contributed by atoms with van der Waals surface area (Å²) in [4.78, 5) is 48.1. The van der Waals surface area contributed by atoms with Crippen molar-refractivity contribution in [2.45, 2.75) is 19.9 Å². The van der Waals surface area contributed by atoms with Crippen LogP contribution in [0, 0.1) is 5.92 Å². The minimum atomic E-state index is -0.947. The Morgan fingerprint density at radius 1 is 1.07 bits per heavy atom. The average molecular weight is 401 g/mol. The fourth-order valence-electron chi connectivity index (χ4n) is 2.42. The van der Waals surface area contributed by atoms with Crippen LogP contribution < -0.4 is 16.0 Å². The Labute approximate surface area is 167 Å². The maximum atomic E-state index is 12.3. The molecular formula is C20H23N3O6. The minimum absolute atomic E-state index is 0.0668. The van der Waals surface area contributed by atoms with Gasteiger partial charge < -0.3 is 25.1 Å². The lowest BCUT2D eigenvalue weighted by Crippen LogP contribution is -2.45. The van der Waals surface area contributed by atoms with Gasteiger partial charge in [0.25, 0.3) is 17.7 Å². The quantitative estimate of drug-likeness (QED) is 0.577. The van der Waals surface area contributed by atoms with E-state index in [0.29, 0.717) is 11.3 Å². The molecule has 1 aromatic heterocycles. The Kier molecular flexibility index (Phi) is 7.53. The van der Waals surface area contributed by atoms with Crippen molar-refractivity contribution in [3.05, 3.63) is 54.0 Å². The molecule has 1 aromatic carbocycles. The molecule has 0 aliphatic carbocycles. The monoisotopic (exact) mass is 401 g/mol. The standard InChI is InChI=1S/C20H23N3O6/c1-12(2)17(23-19(26)15-8-5-9-28-15)20(27)29-11-16(24)22-14-7-4-6-13(10-14)18(25)21-3/h4-10,12,17H,11H2,1-3H3,(H,21,25)(H,22,24)(H,23,26)/t17-/m0/s1. The van der Waals surface area contributed by atoms with Crippen LogP contribution in [0.15, 0.2) is 47.1 Å². The second-order valence-corrected chi connectivity index (χ2v) is 6.49. The van der Waals surface area contributed by atoms with Gasteiger partial charge in [0.1, 0.15) is 6.04 Å². The average Bonchev–Trinajstić information content (AvgIpc) is 3.24. The lowest BCUT2D eigenvalue weighted by Gasteiger charge is -2.20. The van der Waals surface area contributed by atoms with Gasteiger partial charge in [-0.2, -0.15) is 0 Å². The van der Waals surface area contributed by atoms with Crippen molar-refractivity contribution in [2.75, 3.05) is 19.0 Å². The largest absolute Gasteiger partial charge is 0.459 e. The first kappa shape index (κ1) is 21.7. The number of rotatable bonds is 8. The van der Waals surface area contributed by atoms with Gasteiger partial charge in [-0.1, -0.05) is 19.9 Å². The van der Waals surface area contributed by atoms with Crippen molar-refractivity contribution in [3.8, 4) is 0 Å². The second kappa shape index (κ2) is 10.1. The van der Waals surface area contributed by atoms with E-state index in [1.807, 2.05) is 0 Å². The van der Waals surface area contributed by atoms with E-state index < -0.39 is 30.4 Å². The molecule has 3 N–H and O–H groups in total. The Hall–Kier alpha value is -3.62. The Balaban J connectivity index is 1.91. The Morgan fingerprint density at radius 2 is 1.83 bits per heavy atom. The third-order valence-electron chi connectivity index (χ3n) is 3.93.